The lowest BCUT2D eigenvalue weighted by atomic mass is 9.97. The van der Waals surface area contributed by atoms with E-state index in [0.29, 0.717) is 13.1 Å². The summed E-state index contributed by atoms with van der Waals surface area (Å²) in [5.41, 5.74) is 1.08. The van der Waals surface area contributed by atoms with Crippen molar-refractivity contribution < 1.29 is 19.5 Å². The SMILES string of the molecule is O=C(O)c1ccc(CNC(=O)C2CCCN(C(=O)N3CCCC3)C2)cc1. The van der Waals surface area contributed by atoms with Crippen LogP contribution < -0.4 is 5.32 Å². The molecule has 2 heterocycles. The van der Waals surface area contributed by atoms with E-state index < -0.39 is 5.97 Å². The minimum Gasteiger partial charge on any atom is -0.478 e. The van der Waals surface area contributed by atoms with Crippen molar-refractivity contribution in [3.05, 3.63) is 35.4 Å². The molecule has 2 fully saturated rings. The molecule has 0 saturated carbocycles. The molecule has 1 atom stereocenters. The molecule has 26 heavy (non-hydrogen) atoms. The number of urea groups is 1. The van der Waals surface area contributed by atoms with Gasteiger partial charge < -0.3 is 20.2 Å². The van der Waals surface area contributed by atoms with Gasteiger partial charge in [0.2, 0.25) is 5.91 Å². The predicted molar refractivity (Wildman–Crippen MR) is 95.7 cm³/mol. The lowest BCUT2D eigenvalue weighted by Gasteiger charge is -2.34. The number of rotatable bonds is 4. The van der Waals surface area contributed by atoms with Crippen molar-refractivity contribution in [1.82, 2.24) is 15.1 Å². The predicted octanol–water partition coefficient (Wildman–Crippen LogP) is 1.93. The fraction of sp³-hybridized carbons (Fsp3) is 0.526. The molecule has 2 N–H and O–H groups in total. The Kier molecular flexibility index (Phi) is 5.75. The van der Waals surface area contributed by atoms with Gasteiger partial charge in [-0.3, -0.25) is 4.79 Å². The second kappa shape index (κ2) is 8.21. The highest BCUT2D eigenvalue weighted by molar-refractivity contribution is 5.87. The number of aromatic carboxylic acids is 1. The highest BCUT2D eigenvalue weighted by Crippen LogP contribution is 2.20. The smallest absolute Gasteiger partial charge is 0.335 e. The second-order valence-electron chi connectivity index (χ2n) is 6.98. The molecule has 2 aliphatic heterocycles. The van der Waals surface area contributed by atoms with Gasteiger partial charge in [-0.25, -0.2) is 9.59 Å². The van der Waals surface area contributed by atoms with Crippen molar-refractivity contribution in [2.75, 3.05) is 26.2 Å². The van der Waals surface area contributed by atoms with E-state index in [9.17, 15) is 14.4 Å². The number of carbonyl (C=O) groups excluding carboxylic acids is 2. The Morgan fingerprint density at radius 1 is 1.00 bits per heavy atom. The van der Waals surface area contributed by atoms with Crippen LogP contribution in [-0.2, 0) is 11.3 Å². The highest BCUT2D eigenvalue weighted by atomic mass is 16.4. The van der Waals surface area contributed by atoms with E-state index >= 15 is 0 Å². The van der Waals surface area contributed by atoms with Gasteiger partial charge in [-0.05, 0) is 43.4 Å². The van der Waals surface area contributed by atoms with E-state index in [1.165, 1.54) is 12.1 Å². The molecule has 3 rings (SSSR count). The molecule has 1 aromatic carbocycles. The van der Waals surface area contributed by atoms with Crippen molar-refractivity contribution in [3.63, 3.8) is 0 Å². The van der Waals surface area contributed by atoms with Crippen LogP contribution in [0.5, 0.6) is 0 Å². The van der Waals surface area contributed by atoms with Crippen LogP contribution in [0.3, 0.4) is 0 Å². The first-order valence-corrected chi connectivity index (χ1v) is 9.18. The third-order valence-corrected chi connectivity index (χ3v) is 5.11. The summed E-state index contributed by atoms with van der Waals surface area (Å²) in [5, 5.41) is 11.8. The molecule has 140 valence electrons. The minimum absolute atomic E-state index is 0.0498. The largest absolute Gasteiger partial charge is 0.478 e. The normalized spacial score (nSPS) is 20.1. The maximum atomic E-state index is 12.5. The molecule has 7 nitrogen and oxygen atoms in total. The van der Waals surface area contributed by atoms with Gasteiger partial charge in [-0.2, -0.15) is 0 Å². The van der Waals surface area contributed by atoms with Crippen LogP contribution in [0, 0.1) is 5.92 Å². The Morgan fingerprint density at radius 3 is 2.31 bits per heavy atom. The molecule has 2 aliphatic rings. The van der Waals surface area contributed by atoms with Crippen LogP contribution in [0.15, 0.2) is 24.3 Å². The summed E-state index contributed by atoms with van der Waals surface area (Å²) in [6, 6.07) is 6.52. The third kappa shape index (κ3) is 4.33. The molecular formula is C19H25N3O4. The van der Waals surface area contributed by atoms with E-state index in [1.54, 1.807) is 17.0 Å². The molecule has 2 saturated heterocycles. The lowest BCUT2D eigenvalue weighted by molar-refractivity contribution is -0.126. The van der Waals surface area contributed by atoms with Crippen LogP contribution in [-0.4, -0.2) is 59.0 Å². The standard InChI is InChI=1S/C19H25N3O4/c23-17(20-12-14-5-7-15(8-6-14)18(24)25)16-4-3-11-22(13-16)19(26)21-9-1-2-10-21/h5-8,16H,1-4,9-13H2,(H,20,23)(H,24,25). The van der Waals surface area contributed by atoms with Gasteiger partial charge in [-0.1, -0.05) is 12.1 Å². The van der Waals surface area contributed by atoms with Crippen LogP contribution in [0.4, 0.5) is 4.79 Å². The fourth-order valence-electron chi connectivity index (χ4n) is 3.57. The van der Waals surface area contributed by atoms with Crippen LogP contribution >= 0.6 is 0 Å². The molecule has 0 aromatic heterocycles. The van der Waals surface area contributed by atoms with Crippen LogP contribution in [0.2, 0.25) is 0 Å². The second-order valence-corrected chi connectivity index (χ2v) is 6.98. The monoisotopic (exact) mass is 359 g/mol. The quantitative estimate of drug-likeness (QED) is 0.859. The molecule has 0 aliphatic carbocycles. The summed E-state index contributed by atoms with van der Waals surface area (Å²) in [5.74, 6) is -1.20. The number of nitrogens with zero attached hydrogens (tertiary/aromatic N) is 2. The zero-order valence-electron chi connectivity index (χ0n) is 14.8. The van der Waals surface area contributed by atoms with Crippen molar-refractivity contribution in [2.45, 2.75) is 32.2 Å². The Morgan fingerprint density at radius 2 is 1.65 bits per heavy atom. The number of carboxylic acid groups (broad SMARTS) is 1. The van der Waals surface area contributed by atoms with Crippen LogP contribution in [0.1, 0.15) is 41.6 Å². The van der Waals surface area contributed by atoms with Crippen LogP contribution in [0.25, 0.3) is 0 Å². The van der Waals surface area contributed by atoms with Gasteiger partial charge in [0.1, 0.15) is 0 Å². The molecule has 1 unspecified atom stereocenters. The van der Waals surface area contributed by atoms with E-state index in [4.69, 9.17) is 5.11 Å². The zero-order chi connectivity index (χ0) is 18.5. The highest BCUT2D eigenvalue weighted by Gasteiger charge is 2.31. The summed E-state index contributed by atoms with van der Waals surface area (Å²) < 4.78 is 0. The Balaban J connectivity index is 1.50. The van der Waals surface area contributed by atoms with Gasteiger partial charge in [0.25, 0.3) is 0 Å². The van der Waals surface area contributed by atoms with E-state index in [2.05, 4.69) is 5.32 Å². The number of likely N-dealkylation sites (tertiary alicyclic amines) is 2. The summed E-state index contributed by atoms with van der Waals surface area (Å²) in [6.07, 6.45) is 3.74. The number of carbonyl (C=O) groups is 3. The summed E-state index contributed by atoms with van der Waals surface area (Å²) in [4.78, 5) is 39.5. The third-order valence-electron chi connectivity index (χ3n) is 5.11. The summed E-state index contributed by atoms with van der Waals surface area (Å²) >= 11 is 0. The molecule has 0 bridgehead atoms. The molecule has 0 radical (unpaired) electrons. The Bertz CT molecular complexity index is 668. The van der Waals surface area contributed by atoms with Gasteiger partial charge in [0.05, 0.1) is 11.5 Å². The summed E-state index contributed by atoms with van der Waals surface area (Å²) in [6.45, 7) is 3.18. The number of amides is 3. The van der Waals surface area contributed by atoms with E-state index in [0.717, 1.165) is 50.9 Å². The molecule has 3 amide bonds. The number of nitrogens with one attached hydrogen (secondary N) is 1. The Hall–Kier alpha value is -2.57. The van der Waals surface area contributed by atoms with Gasteiger partial charge in [0.15, 0.2) is 0 Å². The number of hydrogen-bond acceptors (Lipinski definition) is 3. The average molecular weight is 359 g/mol. The van der Waals surface area contributed by atoms with E-state index in [1.807, 2.05) is 4.90 Å². The van der Waals surface area contributed by atoms with Crippen molar-refractivity contribution in [1.29, 1.82) is 0 Å². The minimum atomic E-state index is -0.967. The van der Waals surface area contributed by atoms with Gasteiger partial charge in [-0.15, -0.1) is 0 Å². The number of carboxylic acids is 1. The fourth-order valence-corrected chi connectivity index (χ4v) is 3.57. The number of hydrogen-bond donors (Lipinski definition) is 2. The van der Waals surface area contributed by atoms with Gasteiger partial charge >= 0.3 is 12.0 Å². The zero-order valence-corrected chi connectivity index (χ0v) is 14.8. The average Bonchev–Trinajstić information content (AvgIpc) is 3.20. The number of benzene rings is 1. The molecule has 0 spiro atoms. The topological polar surface area (TPSA) is 90.0 Å². The first-order valence-electron chi connectivity index (χ1n) is 9.18. The first-order chi connectivity index (χ1) is 12.5. The van der Waals surface area contributed by atoms with E-state index in [-0.39, 0.29) is 23.4 Å². The summed E-state index contributed by atoms with van der Waals surface area (Å²) in [7, 11) is 0. The maximum Gasteiger partial charge on any atom is 0.335 e. The number of piperidine rings is 1. The molecule has 1 aromatic rings. The van der Waals surface area contributed by atoms with Crippen molar-refractivity contribution in [2.24, 2.45) is 5.92 Å². The van der Waals surface area contributed by atoms with Crippen molar-refractivity contribution in [3.8, 4) is 0 Å². The molecular weight excluding hydrogens is 334 g/mol. The maximum absolute atomic E-state index is 12.5. The Labute approximate surface area is 153 Å². The molecule has 7 heteroatoms. The van der Waals surface area contributed by atoms with Gasteiger partial charge in [0, 0.05) is 32.7 Å². The first kappa shape index (κ1) is 18.2. The lowest BCUT2D eigenvalue weighted by Crippen LogP contribution is -2.49. The van der Waals surface area contributed by atoms with Crippen molar-refractivity contribution >= 4 is 17.9 Å².